The molecule has 0 radical (unpaired) electrons. The van der Waals surface area contributed by atoms with Crippen LogP contribution in [0, 0.1) is 0 Å². The predicted octanol–water partition coefficient (Wildman–Crippen LogP) is 4.94. The predicted molar refractivity (Wildman–Crippen MR) is 68.3 cm³/mol. The highest BCUT2D eigenvalue weighted by Crippen LogP contribution is 2.04. The van der Waals surface area contributed by atoms with Crippen LogP contribution < -0.4 is 0 Å². The van der Waals surface area contributed by atoms with Crippen LogP contribution in [0.15, 0.2) is 0 Å². The lowest BCUT2D eigenvalue weighted by molar-refractivity contribution is 0.125. The van der Waals surface area contributed by atoms with Crippen LogP contribution in [-0.2, 0) is 4.74 Å². The molecule has 0 aliphatic heterocycles. The fourth-order valence-electron chi connectivity index (χ4n) is 1.72. The Morgan fingerprint density at radius 3 is 1.33 bits per heavy atom. The molecule has 0 saturated carbocycles. The van der Waals surface area contributed by atoms with E-state index >= 15 is 0 Å². The van der Waals surface area contributed by atoms with Crippen LogP contribution in [-0.4, -0.2) is 13.2 Å². The summed E-state index contributed by atoms with van der Waals surface area (Å²) in [5.41, 5.74) is 0. The summed E-state index contributed by atoms with van der Waals surface area (Å²) in [4.78, 5) is 0. The van der Waals surface area contributed by atoms with Crippen LogP contribution >= 0.6 is 0 Å². The molecule has 92 valence electrons. The molecule has 0 aliphatic rings. The Morgan fingerprint density at radius 2 is 0.933 bits per heavy atom. The standard InChI is InChI=1S/C14H30O/c1-3-5-7-9-11-13-15-14-12-10-8-6-4-2/h3-14H2,1-2H3. The van der Waals surface area contributed by atoms with Crippen molar-refractivity contribution in [2.45, 2.75) is 78.1 Å². The highest BCUT2D eigenvalue weighted by atomic mass is 16.5. The summed E-state index contributed by atoms with van der Waals surface area (Å²) >= 11 is 0. The topological polar surface area (TPSA) is 9.23 Å². The van der Waals surface area contributed by atoms with E-state index in [1.807, 2.05) is 0 Å². The molecule has 0 N–H and O–H groups in total. The first-order valence-corrected chi connectivity index (χ1v) is 6.99. The van der Waals surface area contributed by atoms with E-state index in [2.05, 4.69) is 13.8 Å². The molecule has 0 bridgehead atoms. The molecule has 15 heavy (non-hydrogen) atoms. The van der Waals surface area contributed by atoms with Crippen molar-refractivity contribution < 1.29 is 4.74 Å². The normalized spacial score (nSPS) is 10.8. The highest BCUT2D eigenvalue weighted by Gasteiger charge is 1.91. The van der Waals surface area contributed by atoms with Crippen LogP contribution in [0.5, 0.6) is 0 Å². The third-order valence-electron chi connectivity index (χ3n) is 2.78. The van der Waals surface area contributed by atoms with E-state index < -0.39 is 0 Å². The monoisotopic (exact) mass is 214 g/mol. The SMILES string of the molecule is CCCCCCCOCCCCCCC. The molecule has 0 fully saturated rings. The Bertz CT molecular complexity index is 89.5. The molecule has 0 unspecified atom stereocenters. The number of hydrogen-bond acceptors (Lipinski definition) is 1. The van der Waals surface area contributed by atoms with Crippen LogP contribution in [0.25, 0.3) is 0 Å². The Hall–Kier alpha value is -0.0400. The maximum atomic E-state index is 5.59. The van der Waals surface area contributed by atoms with Crippen molar-refractivity contribution in [3.63, 3.8) is 0 Å². The molecule has 0 saturated heterocycles. The van der Waals surface area contributed by atoms with Crippen molar-refractivity contribution in [3.8, 4) is 0 Å². The lowest BCUT2D eigenvalue weighted by Gasteiger charge is -2.03. The van der Waals surface area contributed by atoms with Crippen LogP contribution in [0.3, 0.4) is 0 Å². The Morgan fingerprint density at radius 1 is 0.533 bits per heavy atom. The van der Waals surface area contributed by atoms with Crippen molar-refractivity contribution in [1.82, 2.24) is 0 Å². The van der Waals surface area contributed by atoms with Gasteiger partial charge >= 0.3 is 0 Å². The van der Waals surface area contributed by atoms with Crippen LogP contribution in [0.4, 0.5) is 0 Å². The molecular weight excluding hydrogens is 184 g/mol. The number of rotatable bonds is 12. The number of ether oxygens (including phenoxy) is 1. The summed E-state index contributed by atoms with van der Waals surface area (Å²) in [5.74, 6) is 0. The minimum Gasteiger partial charge on any atom is -0.381 e. The zero-order valence-electron chi connectivity index (χ0n) is 10.9. The Kier molecular flexibility index (Phi) is 13.9. The van der Waals surface area contributed by atoms with E-state index in [4.69, 9.17) is 4.74 Å². The van der Waals surface area contributed by atoms with Gasteiger partial charge in [0, 0.05) is 13.2 Å². The maximum Gasteiger partial charge on any atom is 0.0466 e. The first kappa shape index (κ1) is 15.0. The van der Waals surface area contributed by atoms with E-state index in [1.165, 1.54) is 64.2 Å². The van der Waals surface area contributed by atoms with Gasteiger partial charge in [-0.05, 0) is 12.8 Å². The first-order chi connectivity index (χ1) is 7.41. The molecule has 0 aromatic carbocycles. The summed E-state index contributed by atoms with van der Waals surface area (Å²) in [5, 5.41) is 0. The van der Waals surface area contributed by atoms with Crippen molar-refractivity contribution >= 4 is 0 Å². The zero-order valence-corrected chi connectivity index (χ0v) is 10.9. The van der Waals surface area contributed by atoms with Gasteiger partial charge in [-0.15, -0.1) is 0 Å². The number of unbranched alkanes of at least 4 members (excludes halogenated alkanes) is 8. The molecule has 0 heterocycles. The summed E-state index contributed by atoms with van der Waals surface area (Å²) in [7, 11) is 0. The fraction of sp³-hybridized carbons (Fsp3) is 1.00. The molecule has 0 spiro atoms. The third kappa shape index (κ3) is 14.0. The first-order valence-electron chi connectivity index (χ1n) is 6.99. The minimum atomic E-state index is 0.984. The smallest absolute Gasteiger partial charge is 0.0466 e. The average molecular weight is 214 g/mol. The lowest BCUT2D eigenvalue weighted by atomic mass is 10.1. The Balaban J connectivity index is 2.81. The summed E-state index contributed by atoms with van der Waals surface area (Å²) in [6, 6.07) is 0. The quantitative estimate of drug-likeness (QED) is 0.418. The lowest BCUT2D eigenvalue weighted by Crippen LogP contribution is -1.97. The van der Waals surface area contributed by atoms with Gasteiger partial charge in [-0.3, -0.25) is 0 Å². The molecule has 1 heteroatoms. The van der Waals surface area contributed by atoms with Gasteiger partial charge in [-0.25, -0.2) is 0 Å². The van der Waals surface area contributed by atoms with E-state index in [-0.39, 0.29) is 0 Å². The van der Waals surface area contributed by atoms with Crippen molar-refractivity contribution in [1.29, 1.82) is 0 Å². The van der Waals surface area contributed by atoms with Crippen molar-refractivity contribution in [2.75, 3.05) is 13.2 Å². The Labute approximate surface area is 96.6 Å². The molecule has 0 aliphatic carbocycles. The minimum absolute atomic E-state index is 0.984. The van der Waals surface area contributed by atoms with E-state index in [0.29, 0.717) is 0 Å². The second-order valence-corrected chi connectivity index (χ2v) is 4.44. The highest BCUT2D eigenvalue weighted by molar-refractivity contribution is 4.44. The van der Waals surface area contributed by atoms with Gasteiger partial charge in [-0.2, -0.15) is 0 Å². The molecule has 0 rings (SSSR count). The van der Waals surface area contributed by atoms with Crippen LogP contribution in [0.1, 0.15) is 78.1 Å². The molecule has 1 nitrogen and oxygen atoms in total. The van der Waals surface area contributed by atoms with Crippen LogP contribution in [0.2, 0.25) is 0 Å². The zero-order chi connectivity index (χ0) is 11.2. The van der Waals surface area contributed by atoms with Gasteiger partial charge in [0.1, 0.15) is 0 Å². The van der Waals surface area contributed by atoms with Gasteiger partial charge in [-0.1, -0.05) is 65.2 Å². The fourth-order valence-corrected chi connectivity index (χ4v) is 1.72. The van der Waals surface area contributed by atoms with Gasteiger partial charge in [0.2, 0.25) is 0 Å². The van der Waals surface area contributed by atoms with Gasteiger partial charge in [0.15, 0.2) is 0 Å². The molecule has 0 amide bonds. The maximum absolute atomic E-state index is 5.59. The summed E-state index contributed by atoms with van der Waals surface area (Å²) < 4.78 is 5.59. The summed E-state index contributed by atoms with van der Waals surface area (Å²) in [6.07, 6.45) is 13.4. The number of hydrogen-bond donors (Lipinski definition) is 0. The molecule has 0 aromatic rings. The van der Waals surface area contributed by atoms with E-state index in [9.17, 15) is 0 Å². The van der Waals surface area contributed by atoms with Gasteiger partial charge in [0.05, 0.1) is 0 Å². The van der Waals surface area contributed by atoms with Crippen molar-refractivity contribution in [2.24, 2.45) is 0 Å². The average Bonchev–Trinajstić information content (AvgIpc) is 2.26. The van der Waals surface area contributed by atoms with E-state index in [0.717, 1.165) is 13.2 Å². The second-order valence-electron chi connectivity index (χ2n) is 4.44. The van der Waals surface area contributed by atoms with Gasteiger partial charge in [0.25, 0.3) is 0 Å². The molecular formula is C14H30O. The van der Waals surface area contributed by atoms with Crippen molar-refractivity contribution in [3.05, 3.63) is 0 Å². The third-order valence-corrected chi connectivity index (χ3v) is 2.78. The largest absolute Gasteiger partial charge is 0.381 e. The summed E-state index contributed by atoms with van der Waals surface area (Å²) in [6.45, 7) is 6.48. The molecule has 0 atom stereocenters. The van der Waals surface area contributed by atoms with E-state index in [1.54, 1.807) is 0 Å². The molecule has 0 aromatic heterocycles. The second kappa shape index (κ2) is 14.0. The van der Waals surface area contributed by atoms with Gasteiger partial charge < -0.3 is 4.74 Å².